The topological polar surface area (TPSA) is 17.1 Å². The van der Waals surface area contributed by atoms with E-state index < -0.39 is 0 Å². The first kappa shape index (κ1) is 15.4. The zero-order chi connectivity index (χ0) is 13.6. The zero-order valence-electron chi connectivity index (χ0n) is 11.6. The van der Waals surface area contributed by atoms with Gasteiger partial charge < -0.3 is 0 Å². The summed E-state index contributed by atoms with van der Waals surface area (Å²) in [6, 6.07) is 8.29. The van der Waals surface area contributed by atoms with Crippen molar-refractivity contribution >= 4 is 21.7 Å². The van der Waals surface area contributed by atoms with Gasteiger partial charge in [-0.05, 0) is 37.0 Å². The highest BCUT2D eigenvalue weighted by atomic mass is 79.9. The summed E-state index contributed by atoms with van der Waals surface area (Å²) in [4.78, 5) is 12.0. The van der Waals surface area contributed by atoms with Crippen LogP contribution < -0.4 is 0 Å². The molecule has 0 spiro atoms. The summed E-state index contributed by atoms with van der Waals surface area (Å²) in [6.07, 6.45) is 4.96. The van der Waals surface area contributed by atoms with Crippen LogP contribution in [-0.2, 0) is 11.2 Å². The van der Waals surface area contributed by atoms with Crippen molar-refractivity contribution in [2.45, 2.75) is 52.9 Å². The molecule has 0 heterocycles. The molecule has 2 rings (SSSR count). The predicted octanol–water partition coefficient (Wildman–Crippen LogP) is 5.17. The molecule has 0 saturated heterocycles. The number of carbonyl (C=O) groups excluding carboxylic acids is 1. The Morgan fingerprint density at radius 1 is 1.28 bits per heavy atom. The van der Waals surface area contributed by atoms with Gasteiger partial charge >= 0.3 is 0 Å². The third kappa shape index (κ3) is 3.94. The molecule has 1 aliphatic rings. The van der Waals surface area contributed by atoms with Crippen LogP contribution in [0.15, 0.2) is 28.7 Å². The Morgan fingerprint density at radius 3 is 2.61 bits per heavy atom. The van der Waals surface area contributed by atoms with E-state index in [0.29, 0.717) is 5.78 Å². The van der Waals surface area contributed by atoms with Gasteiger partial charge in [0.25, 0.3) is 0 Å². The summed E-state index contributed by atoms with van der Waals surface area (Å²) >= 11 is 3.47. The predicted molar refractivity (Wildman–Crippen MR) is 80.8 cm³/mol. The highest BCUT2D eigenvalue weighted by Gasteiger charge is 2.34. The van der Waals surface area contributed by atoms with E-state index in [1.165, 1.54) is 12.0 Å². The van der Waals surface area contributed by atoms with Crippen molar-refractivity contribution in [2.24, 2.45) is 5.41 Å². The Balaban J connectivity index is 0.000000771. The van der Waals surface area contributed by atoms with E-state index in [1.54, 1.807) is 0 Å². The van der Waals surface area contributed by atoms with Gasteiger partial charge in [-0.3, -0.25) is 4.79 Å². The Labute approximate surface area is 119 Å². The zero-order valence-corrected chi connectivity index (χ0v) is 13.2. The van der Waals surface area contributed by atoms with E-state index in [1.807, 2.05) is 26.0 Å². The van der Waals surface area contributed by atoms with Crippen molar-refractivity contribution in [3.8, 4) is 0 Å². The van der Waals surface area contributed by atoms with Crippen molar-refractivity contribution in [2.75, 3.05) is 0 Å². The fraction of sp³-hybridized carbons (Fsp3) is 0.562. The van der Waals surface area contributed by atoms with Crippen LogP contribution in [0.5, 0.6) is 0 Å². The first-order valence-corrected chi connectivity index (χ1v) is 7.67. The third-order valence-corrected chi connectivity index (χ3v) is 4.03. The largest absolute Gasteiger partial charge is 0.299 e. The lowest BCUT2D eigenvalue weighted by molar-refractivity contribution is -0.130. The van der Waals surface area contributed by atoms with Gasteiger partial charge in [-0.15, -0.1) is 0 Å². The summed E-state index contributed by atoms with van der Waals surface area (Å²) in [5.41, 5.74) is 1.13. The van der Waals surface area contributed by atoms with Gasteiger partial charge in [0, 0.05) is 16.3 Å². The second-order valence-electron chi connectivity index (χ2n) is 5.00. The number of Topliss-reactive ketones (excluding diaryl/α,β-unsaturated/α-hetero) is 1. The minimum Gasteiger partial charge on any atom is -0.299 e. The van der Waals surface area contributed by atoms with Gasteiger partial charge in [0.05, 0.1) is 0 Å². The Morgan fingerprint density at radius 2 is 2.00 bits per heavy atom. The smallest absolute Gasteiger partial charge is 0.139 e. The van der Waals surface area contributed by atoms with Crippen molar-refractivity contribution in [3.63, 3.8) is 0 Å². The molecule has 1 saturated carbocycles. The Bertz CT molecular complexity index is 400. The van der Waals surface area contributed by atoms with Crippen LogP contribution in [0.2, 0.25) is 0 Å². The molecule has 1 aromatic carbocycles. The summed E-state index contributed by atoms with van der Waals surface area (Å²) < 4.78 is 1.09. The van der Waals surface area contributed by atoms with Crippen molar-refractivity contribution in [1.82, 2.24) is 0 Å². The van der Waals surface area contributed by atoms with Gasteiger partial charge in [-0.1, -0.05) is 55.3 Å². The van der Waals surface area contributed by atoms with Crippen molar-refractivity contribution in [1.29, 1.82) is 0 Å². The highest BCUT2D eigenvalue weighted by Crippen LogP contribution is 2.36. The highest BCUT2D eigenvalue weighted by molar-refractivity contribution is 9.10. The molecule has 1 nitrogen and oxygen atoms in total. The summed E-state index contributed by atoms with van der Waals surface area (Å²) in [5.74, 6) is 0.443. The van der Waals surface area contributed by atoms with Crippen LogP contribution in [0.1, 0.15) is 52.0 Å². The molecular weight excluding hydrogens is 288 g/mol. The fourth-order valence-electron chi connectivity index (χ4n) is 2.53. The SMILES string of the molecule is CC.CC1(Cc2cccc(Br)c2)CCCCC1=O. The van der Waals surface area contributed by atoms with Gasteiger partial charge in [0.2, 0.25) is 0 Å². The van der Waals surface area contributed by atoms with E-state index in [2.05, 4.69) is 35.0 Å². The molecule has 1 aromatic rings. The number of carbonyl (C=O) groups is 1. The van der Waals surface area contributed by atoms with Gasteiger partial charge in [0.1, 0.15) is 5.78 Å². The second-order valence-corrected chi connectivity index (χ2v) is 5.91. The minimum absolute atomic E-state index is 0.126. The van der Waals surface area contributed by atoms with Crippen LogP contribution in [0.4, 0.5) is 0 Å². The molecule has 100 valence electrons. The Hall–Kier alpha value is -0.630. The molecule has 0 aliphatic heterocycles. The maximum absolute atomic E-state index is 12.0. The average Bonchev–Trinajstić information content (AvgIpc) is 2.36. The van der Waals surface area contributed by atoms with E-state index in [9.17, 15) is 4.79 Å². The van der Waals surface area contributed by atoms with Gasteiger partial charge in [-0.2, -0.15) is 0 Å². The molecule has 0 radical (unpaired) electrons. The third-order valence-electron chi connectivity index (χ3n) is 3.54. The van der Waals surface area contributed by atoms with E-state index in [0.717, 1.165) is 30.2 Å². The first-order valence-electron chi connectivity index (χ1n) is 6.88. The average molecular weight is 311 g/mol. The molecule has 0 N–H and O–H groups in total. The first-order chi connectivity index (χ1) is 8.60. The van der Waals surface area contributed by atoms with Crippen LogP contribution in [-0.4, -0.2) is 5.78 Å². The summed E-state index contributed by atoms with van der Waals surface area (Å²) in [7, 11) is 0. The van der Waals surface area contributed by atoms with Crippen LogP contribution in [0.25, 0.3) is 0 Å². The fourth-order valence-corrected chi connectivity index (χ4v) is 2.97. The van der Waals surface area contributed by atoms with E-state index in [4.69, 9.17) is 0 Å². The van der Waals surface area contributed by atoms with Gasteiger partial charge in [-0.25, -0.2) is 0 Å². The minimum atomic E-state index is -0.126. The lowest BCUT2D eigenvalue weighted by atomic mass is 9.71. The quantitative estimate of drug-likeness (QED) is 0.736. The molecule has 1 aliphatic carbocycles. The number of hydrogen-bond donors (Lipinski definition) is 0. The number of benzene rings is 1. The molecule has 1 atom stereocenters. The monoisotopic (exact) mass is 310 g/mol. The maximum atomic E-state index is 12.0. The Kier molecular flexibility index (Phi) is 6.07. The molecular formula is C16H23BrO. The molecule has 1 unspecified atom stereocenters. The van der Waals surface area contributed by atoms with Crippen LogP contribution in [0, 0.1) is 5.41 Å². The lowest BCUT2D eigenvalue weighted by Gasteiger charge is -2.32. The molecule has 0 amide bonds. The number of rotatable bonds is 2. The van der Waals surface area contributed by atoms with Gasteiger partial charge in [0.15, 0.2) is 0 Å². The number of hydrogen-bond acceptors (Lipinski definition) is 1. The van der Waals surface area contributed by atoms with Crippen LogP contribution in [0.3, 0.4) is 0 Å². The van der Waals surface area contributed by atoms with E-state index >= 15 is 0 Å². The molecule has 2 heteroatoms. The lowest BCUT2D eigenvalue weighted by Crippen LogP contribution is -2.33. The van der Waals surface area contributed by atoms with Crippen LogP contribution >= 0.6 is 15.9 Å². The molecule has 1 fully saturated rings. The van der Waals surface area contributed by atoms with Crippen molar-refractivity contribution in [3.05, 3.63) is 34.3 Å². The molecule has 0 bridgehead atoms. The maximum Gasteiger partial charge on any atom is 0.139 e. The van der Waals surface area contributed by atoms with E-state index in [-0.39, 0.29) is 5.41 Å². The summed E-state index contributed by atoms with van der Waals surface area (Å²) in [5, 5.41) is 0. The summed E-state index contributed by atoms with van der Waals surface area (Å²) in [6.45, 7) is 6.12. The molecule has 0 aromatic heterocycles. The normalized spacial score (nSPS) is 23.2. The van der Waals surface area contributed by atoms with Crippen molar-refractivity contribution < 1.29 is 4.79 Å². The number of ketones is 1. The number of halogens is 1. The second kappa shape index (κ2) is 7.08. The molecule has 18 heavy (non-hydrogen) atoms. The standard InChI is InChI=1S/C14H17BrO.C2H6/c1-14(8-3-2-7-13(14)16)10-11-5-4-6-12(15)9-11;1-2/h4-6,9H,2-3,7-8,10H2,1H3;1-2H3.